The molecule has 0 aliphatic rings. The number of fused-ring (bicyclic) bond motifs is 1. The monoisotopic (exact) mass is 304 g/mol. The standard InChI is InChI=1S/C20H20N2O/c1-20(2,3)17-6-4-5-15(11-17)19(23)22-18-8-7-16-13-21-10-9-14(16)12-18/h4-13H,1-3H3,(H,22,23). The van der Waals surface area contributed by atoms with Crippen LogP contribution in [0.15, 0.2) is 60.9 Å². The molecule has 0 radical (unpaired) electrons. The van der Waals surface area contributed by atoms with E-state index in [2.05, 4.69) is 37.1 Å². The van der Waals surface area contributed by atoms with Crippen molar-refractivity contribution in [1.82, 2.24) is 4.98 Å². The molecule has 0 saturated heterocycles. The lowest BCUT2D eigenvalue weighted by atomic mass is 9.86. The molecule has 0 fully saturated rings. The van der Waals surface area contributed by atoms with Crippen LogP contribution in [-0.4, -0.2) is 10.9 Å². The van der Waals surface area contributed by atoms with Gasteiger partial charge in [0.1, 0.15) is 0 Å². The number of rotatable bonds is 2. The first-order chi connectivity index (χ1) is 10.9. The normalized spacial score (nSPS) is 11.4. The summed E-state index contributed by atoms with van der Waals surface area (Å²) in [5.74, 6) is -0.0930. The van der Waals surface area contributed by atoms with Gasteiger partial charge in [-0.05, 0) is 46.7 Å². The van der Waals surface area contributed by atoms with E-state index in [-0.39, 0.29) is 11.3 Å². The third kappa shape index (κ3) is 3.39. The Bertz CT molecular complexity index is 863. The number of aromatic nitrogens is 1. The van der Waals surface area contributed by atoms with Crippen LogP contribution in [0.2, 0.25) is 0 Å². The molecule has 0 unspecified atom stereocenters. The van der Waals surface area contributed by atoms with Gasteiger partial charge in [0.2, 0.25) is 0 Å². The lowest BCUT2D eigenvalue weighted by Crippen LogP contribution is -2.15. The van der Waals surface area contributed by atoms with Gasteiger partial charge in [-0.2, -0.15) is 0 Å². The summed E-state index contributed by atoms with van der Waals surface area (Å²) in [6, 6.07) is 15.5. The number of benzene rings is 2. The SMILES string of the molecule is CC(C)(C)c1cccc(C(=O)Nc2ccc3cnccc3c2)c1. The Hall–Kier alpha value is -2.68. The average molecular weight is 304 g/mol. The molecular formula is C20H20N2O. The zero-order valence-electron chi connectivity index (χ0n) is 13.6. The number of nitrogens with one attached hydrogen (secondary N) is 1. The van der Waals surface area contributed by atoms with Gasteiger partial charge in [-0.25, -0.2) is 0 Å². The third-order valence-electron chi connectivity index (χ3n) is 3.89. The maximum absolute atomic E-state index is 12.5. The number of nitrogens with zero attached hydrogens (tertiary/aromatic N) is 1. The highest BCUT2D eigenvalue weighted by Crippen LogP contribution is 2.23. The maximum atomic E-state index is 12.5. The minimum absolute atomic E-state index is 0.0201. The van der Waals surface area contributed by atoms with Crippen LogP contribution < -0.4 is 5.32 Å². The first-order valence-electron chi connectivity index (χ1n) is 7.69. The zero-order valence-corrected chi connectivity index (χ0v) is 13.6. The van der Waals surface area contributed by atoms with Crippen LogP contribution in [0.5, 0.6) is 0 Å². The van der Waals surface area contributed by atoms with Crippen molar-refractivity contribution in [3.05, 3.63) is 72.1 Å². The van der Waals surface area contributed by atoms with E-state index >= 15 is 0 Å². The quantitative estimate of drug-likeness (QED) is 0.740. The first kappa shape index (κ1) is 15.2. The average Bonchev–Trinajstić information content (AvgIpc) is 2.54. The van der Waals surface area contributed by atoms with Crippen LogP contribution in [0, 0.1) is 0 Å². The largest absolute Gasteiger partial charge is 0.322 e. The van der Waals surface area contributed by atoms with Crippen molar-refractivity contribution in [3.63, 3.8) is 0 Å². The fourth-order valence-electron chi connectivity index (χ4n) is 2.49. The Morgan fingerprint density at radius 1 is 1.00 bits per heavy atom. The Kier molecular flexibility index (Phi) is 3.87. The summed E-state index contributed by atoms with van der Waals surface area (Å²) >= 11 is 0. The first-order valence-corrected chi connectivity index (χ1v) is 7.69. The second-order valence-electron chi connectivity index (χ2n) is 6.72. The van der Waals surface area contributed by atoms with Crippen LogP contribution in [0.1, 0.15) is 36.7 Å². The van der Waals surface area contributed by atoms with Gasteiger partial charge in [0, 0.05) is 29.0 Å². The predicted molar refractivity (Wildman–Crippen MR) is 94.8 cm³/mol. The number of carbonyl (C=O) groups excluding carboxylic acids is 1. The van der Waals surface area contributed by atoms with Crippen LogP contribution in [0.4, 0.5) is 5.69 Å². The summed E-state index contributed by atoms with van der Waals surface area (Å²) in [4.78, 5) is 16.6. The Morgan fingerprint density at radius 3 is 2.61 bits per heavy atom. The van der Waals surface area contributed by atoms with E-state index in [1.807, 2.05) is 48.7 Å². The molecule has 0 saturated carbocycles. The van der Waals surface area contributed by atoms with Crippen LogP contribution in [-0.2, 0) is 5.41 Å². The van der Waals surface area contributed by atoms with Gasteiger partial charge in [0.25, 0.3) is 5.91 Å². The van der Waals surface area contributed by atoms with Gasteiger partial charge in [-0.3, -0.25) is 9.78 Å². The number of hydrogen-bond acceptors (Lipinski definition) is 2. The fourth-order valence-corrected chi connectivity index (χ4v) is 2.49. The van der Waals surface area contributed by atoms with Gasteiger partial charge >= 0.3 is 0 Å². The Morgan fingerprint density at radius 2 is 1.83 bits per heavy atom. The van der Waals surface area contributed by atoms with Crippen molar-refractivity contribution in [3.8, 4) is 0 Å². The van der Waals surface area contributed by atoms with Gasteiger partial charge in [0.15, 0.2) is 0 Å². The Labute approximate surface area is 136 Å². The van der Waals surface area contributed by atoms with Crippen molar-refractivity contribution < 1.29 is 4.79 Å². The topological polar surface area (TPSA) is 42.0 Å². The summed E-state index contributed by atoms with van der Waals surface area (Å²) in [5, 5.41) is 5.08. The molecular weight excluding hydrogens is 284 g/mol. The number of carbonyl (C=O) groups is 1. The van der Waals surface area contributed by atoms with Gasteiger partial charge in [-0.1, -0.05) is 39.0 Å². The van der Waals surface area contributed by atoms with Crippen molar-refractivity contribution in [1.29, 1.82) is 0 Å². The van der Waals surface area contributed by atoms with E-state index in [1.165, 1.54) is 0 Å². The second-order valence-corrected chi connectivity index (χ2v) is 6.72. The van der Waals surface area contributed by atoms with Crippen LogP contribution >= 0.6 is 0 Å². The van der Waals surface area contributed by atoms with E-state index in [0.29, 0.717) is 5.56 Å². The minimum Gasteiger partial charge on any atom is -0.322 e. The second kappa shape index (κ2) is 5.84. The molecule has 1 N–H and O–H groups in total. The summed E-state index contributed by atoms with van der Waals surface area (Å²) in [7, 11) is 0. The van der Waals surface area contributed by atoms with Crippen molar-refractivity contribution in [2.45, 2.75) is 26.2 Å². The van der Waals surface area contributed by atoms with Crippen molar-refractivity contribution in [2.75, 3.05) is 5.32 Å². The highest BCUT2D eigenvalue weighted by atomic mass is 16.1. The van der Waals surface area contributed by atoms with E-state index in [0.717, 1.165) is 22.0 Å². The van der Waals surface area contributed by atoms with Gasteiger partial charge in [-0.15, -0.1) is 0 Å². The summed E-state index contributed by atoms with van der Waals surface area (Å²) in [5.41, 5.74) is 2.63. The molecule has 116 valence electrons. The maximum Gasteiger partial charge on any atom is 0.255 e. The van der Waals surface area contributed by atoms with E-state index in [9.17, 15) is 4.79 Å². The summed E-state index contributed by atoms with van der Waals surface area (Å²) in [6.45, 7) is 6.42. The molecule has 2 aromatic carbocycles. The van der Waals surface area contributed by atoms with E-state index in [4.69, 9.17) is 0 Å². The molecule has 3 aromatic rings. The minimum atomic E-state index is -0.0930. The number of hydrogen-bond donors (Lipinski definition) is 1. The highest BCUT2D eigenvalue weighted by molar-refractivity contribution is 6.05. The summed E-state index contributed by atoms with van der Waals surface area (Å²) < 4.78 is 0. The molecule has 1 aromatic heterocycles. The summed E-state index contributed by atoms with van der Waals surface area (Å²) in [6.07, 6.45) is 3.56. The molecule has 0 aliphatic heterocycles. The molecule has 1 amide bonds. The smallest absolute Gasteiger partial charge is 0.255 e. The van der Waals surface area contributed by atoms with E-state index in [1.54, 1.807) is 6.20 Å². The highest BCUT2D eigenvalue weighted by Gasteiger charge is 2.15. The molecule has 23 heavy (non-hydrogen) atoms. The molecule has 3 heteroatoms. The Balaban J connectivity index is 1.86. The van der Waals surface area contributed by atoms with Gasteiger partial charge in [0.05, 0.1) is 0 Å². The molecule has 0 aliphatic carbocycles. The fraction of sp³-hybridized carbons (Fsp3) is 0.200. The lowest BCUT2D eigenvalue weighted by molar-refractivity contribution is 0.102. The third-order valence-corrected chi connectivity index (χ3v) is 3.89. The molecule has 0 spiro atoms. The van der Waals surface area contributed by atoms with Gasteiger partial charge < -0.3 is 5.32 Å². The molecule has 3 rings (SSSR count). The lowest BCUT2D eigenvalue weighted by Gasteiger charge is -2.19. The van der Waals surface area contributed by atoms with Crippen molar-refractivity contribution in [2.24, 2.45) is 0 Å². The van der Waals surface area contributed by atoms with Crippen molar-refractivity contribution >= 4 is 22.4 Å². The number of pyridine rings is 1. The van der Waals surface area contributed by atoms with Crippen LogP contribution in [0.25, 0.3) is 10.8 Å². The molecule has 0 atom stereocenters. The van der Waals surface area contributed by atoms with Crippen LogP contribution in [0.3, 0.4) is 0 Å². The number of amides is 1. The molecule has 1 heterocycles. The number of anilines is 1. The zero-order chi connectivity index (χ0) is 16.4. The predicted octanol–water partition coefficient (Wildman–Crippen LogP) is 4.78. The van der Waals surface area contributed by atoms with E-state index < -0.39 is 0 Å². The molecule has 0 bridgehead atoms. The molecule has 3 nitrogen and oxygen atoms in total.